The van der Waals surface area contributed by atoms with Gasteiger partial charge >= 0.3 is 5.97 Å². The SMILES string of the molecule is C=C(C)C(=O)OCC[N+](C)(C)CCCS(=C)(=C)C. The zero-order valence-electron chi connectivity index (χ0n) is 12.3. The molecule has 0 aromatic heterocycles. The fourth-order valence-corrected chi connectivity index (χ4v) is 2.29. The Morgan fingerprint density at radius 3 is 2.28 bits per heavy atom. The lowest BCUT2D eigenvalue weighted by atomic mass is 10.3. The summed E-state index contributed by atoms with van der Waals surface area (Å²) in [6.45, 7) is 7.53. The number of ether oxygens (including phenoxy) is 1. The van der Waals surface area contributed by atoms with Crippen molar-refractivity contribution >= 4 is 26.9 Å². The van der Waals surface area contributed by atoms with E-state index in [-0.39, 0.29) is 5.97 Å². The minimum absolute atomic E-state index is 0.303. The molecule has 0 atom stereocenters. The number of carbonyl (C=O) groups excluding carboxylic acids is 1. The van der Waals surface area contributed by atoms with E-state index in [1.165, 1.54) is 0 Å². The van der Waals surface area contributed by atoms with E-state index in [1.807, 2.05) is 0 Å². The van der Waals surface area contributed by atoms with E-state index in [1.54, 1.807) is 6.92 Å². The molecule has 0 aliphatic carbocycles. The summed E-state index contributed by atoms with van der Waals surface area (Å²) in [4.78, 5) is 11.2. The number of likely N-dealkylation sites (N-methyl/N-ethyl adjacent to an activating group) is 1. The first-order valence-corrected chi connectivity index (χ1v) is 8.65. The van der Waals surface area contributed by atoms with E-state index in [4.69, 9.17) is 4.74 Å². The minimum Gasteiger partial charge on any atom is -0.456 e. The number of hydrogen-bond acceptors (Lipinski definition) is 2. The molecule has 0 amide bonds. The Bertz CT molecular complexity index is 394. The normalized spacial score (nSPS) is 12.2. The van der Waals surface area contributed by atoms with E-state index >= 15 is 0 Å². The summed E-state index contributed by atoms with van der Waals surface area (Å²) >= 11 is 0. The van der Waals surface area contributed by atoms with Crippen LogP contribution in [0.25, 0.3) is 0 Å². The van der Waals surface area contributed by atoms with Gasteiger partial charge in [0.25, 0.3) is 0 Å². The molecule has 0 bridgehead atoms. The third-order valence-electron chi connectivity index (χ3n) is 2.68. The molecule has 0 saturated carbocycles. The Hall–Kier alpha value is -0.740. The van der Waals surface area contributed by atoms with Crippen molar-refractivity contribution in [2.24, 2.45) is 0 Å². The first kappa shape index (κ1) is 17.3. The van der Waals surface area contributed by atoms with Gasteiger partial charge in [-0.05, 0) is 18.9 Å². The highest BCUT2D eigenvalue weighted by atomic mass is 32.2. The van der Waals surface area contributed by atoms with Gasteiger partial charge in [0.2, 0.25) is 0 Å². The molecule has 18 heavy (non-hydrogen) atoms. The molecule has 106 valence electrons. The maximum Gasteiger partial charge on any atom is 0.333 e. The van der Waals surface area contributed by atoms with Gasteiger partial charge in [-0.1, -0.05) is 18.3 Å². The third kappa shape index (κ3) is 9.31. The van der Waals surface area contributed by atoms with E-state index in [9.17, 15) is 4.79 Å². The highest BCUT2D eigenvalue weighted by molar-refractivity contribution is 8.27. The Labute approximate surface area is 113 Å². The standard InChI is InChI=1S/C14H28NO2S/c1-13(2)14(16)17-11-10-15(3,4)9-8-12-18(5,6)7/h1,5-6,8-12H2,2-4,7H3/q+1. The fourth-order valence-electron chi connectivity index (χ4n) is 1.46. The molecule has 0 aliphatic heterocycles. The van der Waals surface area contributed by atoms with E-state index < -0.39 is 9.21 Å². The van der Waals surface area contributed by atoms with Crippen molar-refractivity contribution in [3.05, 3.63) is 12.2 Å². The van der Waals surface area contributed by atoms with Crippen molar-refractivity contribution in [1.82, 2.24) is 0 Å². The molecule has 0 unspecified atom stereocenters. The van der Waals surface area contributed by atoms with Crippen LogP contribution in [0.3, 0.4) is 0 Å². The first-order chi connectivity index (χ1) is 8.03. The van der Waals surface area contributed by atoms with Crippen molar-refractivity contribution in [3.8, 4) is 0 Å². The van der Waals surface area contributed by atoms with Crippen LogP contribution < -0.4 is 0 Å². The molecular weight excluding hydrogens is 246 g/mol. The molecule has 4 heteroatoms. The van der Waals surface area contributed by atoms with Crippen LogP contribution in [0.5, 0.6) is 0 Å². The number of carbonyl (C=O) groups is 1. The molecule has 0 radical (unpaired) electrons. The van der Waals surface area contributed by atoms with E-state index in [0.717, 1.165) is 29.7 Å². The van der Waals surface area contributed by atoms with Crippen LogP contribution in [-0.4, -0.2) is 68.0 Å². The Kier molecular flexibility index (Phi) is 6.71. The van der Waals surface area contributed by atoms with Crippen molar-refractivity contribution < 1.29 is 14.0 Å². The summed E-state index contributed by atoms with van der Waals surface area (Å²) in [5.74, 6) is 8.94. The lowest BCUT2D eigenvalue weighted by Crippen LogP contribution is -2.43. The summed E-state index contributed by atoms with van der Waals surface area (Å²) in [5, 5.41) is 0. The van der Waals surface area contributed by atoms with Gasteiger partial charge in [0.05, 0.1) is 20.6 Å². The molecule has 0 aromatic carbocycles. The van der Waals surface area contributed by atoms with Crippen LogP contribution in [0.15, 0.2) is 12.2 Å². The molecule has 0 rings (SSSR count). The molecule has 0 heterocycles. The second kappa shape index (κ2) is 7.00. The summed E-state index contributed by atoms with van der Waals surface area (Å²) in [6.07, 6.45) is 3.24. The summed E-state index contributed by atoms with van der Waals surface area (Å²) < 4.78 is 5.96. The van der Waals surface area contributed by atoms with Crippen LogP contribution in [0, 0.1) is 0 Å². The van der Waals surface area contributed by atoms with E-state index in [0.29, 0.717) is 12.2 Å². The molecule has 0 saturated heterocycles. The number of nitrogens with zero attached hydrogens (tertiary/aromatic N) is 1. The monoisotopic (exact) mass is 274 g/mol. The lowest BCUT2D eigenvalue weighted by Gasteiger charge is -2.29. The predicted octanol–water partition coefficient (Wildman–Crippen LogP) is 1.87. The van der Waals surface area contributed by atoms with Crippen LogP contribution in [0.2, 0.25) is 0 Å². The smallest absolute Gasteiger partial charge is 0.333 e. The number of quaternary nitrogens is 1. The molecule has 0 aromatic rings. The maximum atomic E-state index is 11.2. The van der Waals surface area contributed by atoms with Crippen molar-refractivity contribution in [2.45, 2.75) is 13.3 Å². The van der Waals surface area contributed by atoms with Gasteiger partial charge in [0.1, 0.15) is 13.2 Å². The van der Waals surface area contributed by atoms with Crippen molar-refractivity contribution in [3.63, 3.8) is 0 Å². The lowest BCUT2D eigenvalue weighted by molar-refractivity contribution is -0.890. The van der Waals surface area contributed by atoms with Crippen LogP contribution >= 0.6 is 9.21 Å². The number of esters is 1. The minimum atomic E-state index is -0.899. The summed E-state index contributed by atoms with van der Waals surface area (Å²) in [7, 11) is 3.39. The third-order valence-corrected chi connectivity index (χ3v) is 3.95. The Morgan fingerprint density at radius 1 is 1.28 bits per heavy atom. The van der Waals surface area contributed by atoms with Gasteiger partial charge in [0.15, 0.2) is 0 Å². The quantitative estimate of drug-likeness (QED) is 0.292. The maximum absolute atomic E-state index is 11.2. The average molecular weight is 274 g/mol. The van der Waals surface area contributed by atoms with Crippen LogP contribution in [0.1, 0.15) is 13.3 Å². The first-order valence-electron chi connectivity index (χ1n) is 6.10. The number of hydrogen-bond donors (Lipinski definition) is 0. The highest BCUT2D eigenvalue weighted by Gasteiger charge is 2.15. The zero-order chi connectivity index (χ0) is 14.4. The van der Waals surface area contributed by atoms with Gasteiger partial charge in [-0.25, -0.2) is 14.0 Å². The van der Waals surface area contributed by atoms with Crippen molar-refractivity contribution in [2.75, 3.05) is 45.8 Å². The van der Waals surface area contributed by atoms with Crippen LogP contribution in [-0.2, 0) is 9.53 Å². The second-order valence-electron chi connectivity index (χ2n) is 5.84. The van der Waals surface area contributed by atoms with Gasteiger partial charge in [-0.2, -0.15) is 0 Å². The Morgan fingerprint density at radius 2 is 1.83 bits per heavy atom. The average Bonchev–Trinajstić information content (AvgIpc) is 2.14. The summed E-state index contributed by atoms with van der Waals surface area (Å²) in [5.41, 5.74) is 0.453. The molecule has 3 nitrogen and oxygen atoms in total. The summed E-state index contributed by atoms with van der Waals surface area (Å²) in [6, 6.07) is 0. The predicted molar refractivity (Wildman–Crippen MR) is 84.9 cm³/mol. The molecule has 0 N–H and O–H groups in total. The topological polar surface area (TPSA) is 26.3 Å². The molecule has 0 spiro atoms. The second-order valence-corrected chi connectivity index (χ2v) is 9.20. The molecular formula is C14H28NO2S+. The molecule has 0 aliphatic rings. The number of rotatable bonds is 8. The van der Waals surface area contributed by atoms with E-state index in [2.05, 4.69) is 38.7 Å². The largest absolute Gasteiger partial charge is 0.456 e. The fraction of sp³-hybridized carbons (Fsp3) is 0.643. The van der Waals surface area contributed by atoms with Gasteiger partial charge in [0, 0.05) is 12.0 Å². The van der Waals surface area contributed by atoms with Gasteiger partial charge in [-0.3, -0.25) is 0 Å². The van der Waals surface area contributed by atoms with Crippen molar-refractivity contribution in [1.29, 1.82) is 0 Å². The van der Waals surface area contributed by atoms with Gasteiger partial charge < -0.3 is 9.22 Å². The van der Waals surface area contributed by atoms with Crippen LogP contribution in [0.4, 0.5) is 0 Å². The zero-order valence-corrected chi connectivity index (χ0v) is 13.1. The highest BCUT2D eigenvalue weighted by Crippen LogP contribution is 2.14. The van der Waals surface area contributed by atoms with Gasteiger partial charge in [-0.15, -0.1) is 0 Å². The Balaban J connectivity index is 3.94. The molecule has 0 fully saturated rings.